The average molecular weight is 427 g/mol. The fourth-order valence-electron chi connectivity index (χ4n) is 5.36. The highest BCUT2D eigenvalue weighted by Crippen LogP contribution is 2.43. The summed E-state index contributed by atoms with van der Waals surface area (Å²) in [6.07, 6.45) is 7.59. The standard InChI is InChI=1S/C17H23NO.C10H17NO.H2/c1-17(2)15(10-13-8-9-13)16(19)12-18(17)11-14-6-4-3-5-7-14;1-10(2)8(5-7-3-4-7)9(12)6-11-10;/h3-7,13,15H,8-12H2,1-2H3;7-8,11H,3-6H2,1-2H3;1H. The molecule has 2 aliphatic carbocycles. The summed E-state index contributed by atoms with van der Waals surface area (Å²) < 4.78 is 0. The summed E-state index contributed by atoms with van der Waals surface area (Å²) in [6.45, 7) is 10.9. The molecule has 2 atom stereocenters. The van der Waals surface area contributed by atoms with E-state index < -0.39 is 0 Å². The van der Waals surface area contributed by atoms with Gasteiger partial charge in [0.15, 0.2) is 11.6 Å². The highest BCUT2D eigenvalue weighted by Gasteiger charge is 2.48. The van der Waals surface area contributed by atoms with Crippen molar-refractivity contribution in [3.63, 3.8) is 0 Å². The van der Waals surface area contributed by atoms with E-state index in [1.165, 1.54) is 31.2 Å². The summed E-state index contributed by atoms with van der Waals surface area (Å²) >= 11 is 0. The molecule has 172 valence electrons. The Kier molecular flexibility index (Phi) is 6.42. The molecule has 31 heavy (non-hydrogen) atoms. The molecule has 1 aromatic rings. The summed E-state index contributed by atoms with van der Waals surface area (Å²) in [5.74, 6) is 3.08. The Morgan fingerprint density at radius 2 is 1.48 bits per heavy atom. The topological polar surface area (TPSA) is 49.4 Å². The Morgan fingerprint density at radius 3 is 2.00 bits per heavy atom. The molecule has 0 aromatic heterocycles. The van der Waals surface area contributed by atoms with Crippen molar-refractivity contribution in [2.45, 2.75) is 83.8 Å². The van der Waals surface area contributed by atoms with Gasteiger partial charge in [-0.2, -0.15) is 0 Å². The van der Waals surface area contributed by atoms with Gasteiger partial charge in [-0.15, -0.1) is 0 Å². The minimum Gasteiger partial charge on any atom is -0.304 e. The molecule has 2 aliphatic heterocycles. The smallest absolute Gasteiger partial charge is 0.151 e. The fourth-order valence-corrected chi connectivity index (χ4v) is 5.36. The van der Waals surface area contributed by atoms with Crippen LogP contribution in [-0.2, 0) is 16.1 Å². The number of hydrogen-bond acceptors (Lipinski definition) is 4. The van der Waals surface area contributed by atoms with E-state index in [1.54, 1.807) is 0 Å². The largest absolute Gasteiger partial charge is 0.304 e. The lowest BCUT2D eigenvalue weighted by Gasteiger charge is -2.35. The fraction of sp³-hybridized carbons (Fsp3) is 0.704. The van der Waals surface area contributed by atoms with E-state index in [0.717, 1.165) is 31.2 Å². The summed E-state index contributed by atoms with van der Waals surface area (Å²) in [5.41, 5.74) is 1.37. The van der Waals surface area contributed by atoms with E-state index in [0.29, 0.717) is 24.7 Å². The number of carbonyl (C=O) groups excluding carboxylic acids is 2. The molecule has 0 bridgehead atoms. The van der Waals surface area contributed by atoms with Crippen molar-refractivity contribution in [1.82, 2.24) is 10.2 Å². The lowest BCUT2D eigenvalue weighted by atomic mass is 9.83. The summed E-state index contributed by atoms with van der Waals surface area (Å²) in [7, 11) is 0. The second-order valence-electron chi connectivity index (χ2n) is 11.5. The lowest BCUT2D eigenvalue weighted by molar-refractivity contribution is -0.121. The Hall–Kier alpha value is -1.52. The van der Waals surface area contributed by atoms with Crippen LogP contribution in [0.3, 0.4) is 0 Å². The van der Waals surface area contributed by atoms with Crippen LogP contribution >= 0.6 is 0 Å². The van der Waals surface area contributed by atoms with Crippen molar-refractivity contribution in [3.8, 4) is 0 Å². The Morgan fingerprint density at radius 1 is 0.903 bits per heavy atom. The molecule has 4 aliphatic rings. The first kappa shape index (κ1) is 22.7. The van der Waals surface area contributed by atoms with Crippen molar-refractivity contribution in [2.75, 3.05) is 13.1 Å². The van der Waals surface area contributed by atoms with Crippen molar-refractivity contribution in [1.29, 1.82) is 0 Å². The molecule has 1 aromatic carbocycles. The number of hydrogen-bond donors (Lipinski definition) is 1. The van der Waals surface area contributed by atoms with Gasteiger partial charge in [0.25, 0.3) is 0 Å². The first-order chi connectivity index (χ1) is 14.7. The minimum absolute atomic E-state index is 0. The first-order valence-electron chi connectivity index (χ1n) is 12.3. The second kappa shape index (κ2) is 8.78. The van der Waals surface area contributed by atoms with Crippen molar-refractivity contribution < 1.29 is 11.0 Å². The van der Waals surface area contributed by atoms with Crippen LogP contribution < -0.4 is 5.32 Å². The number of benzene rings is 1. The van der Waals surface area contributed by atoms with E-state index >= 15 is 0 Å². The van der Waals surface area contributed by atoms with Crippen molar-refractivity contribution in [3.05, 3.63) is 35.9 Å². The van der Waals surface area contributed by atoms with Crippen LogP contribution in [0.1, 0.15) is 73.2 Å². The molecular weight excluding hydrogens is 384 g/mol. The third-order valence-corrected chi connectivity index (χ3v) is 8.13. The van der Waals surface area contributed by atoms with Crippen LogP contribution in [0.15, 0.2) is 30.3 Å². The molecule has 2 saturated heterocycles. The van der Waals surface area contributed by atoms with Gasteiger partial charge in [-0.25, -0.2) is 0 Å². The quantitative estimate of drug-likeness (QED) is 0.705. The molecule has 0 spiro atoms. The van der Waals surface area contributed by atoms with Gasteiger partial charge in [0.1, 0.15) is 0 Å². The zero-order chi connectivity index (χ0) is 22.2. The van der Waals surface area contributed by atoms with E-state index in [4.69, 9.17) is 0 Å². The highest BCUT2D eigenvalue weighted by molar-refractivity contribution is 5.87. The third kappa shape index (κ3) is 5.46. The van der Waals surface area contributed by atoms with Gasteiger partial charge in [0.05, 0.1) is 13.1 Å². The van der Waals surface area contributed by atoms with Gasteiger partial charge >= 0.3 is 0 Å². The maximum Gasteiger partial charge on any atom is 0.151 e. The van der Waals surface area contributed by atoms with Gasteiger partial charge in [0, 0.05) is 30.9 Å². The molecule has 4 fully saturated rings. The number of carbonyl (C=O) groups is 2. The summed E-state index contributed by atoms with van der Waals surface area (Å²) in [4.78, 5) is 26.2. The Labute approximate surface area is 189 Å². The van der Waals surface area contributed by atoms with Crippen LogP contribution in [0.5, 0.6) is 0 Å². The van der Waals surface area contributed by atoms with Gasteiger partial charge in [-0.05, 0) is 57.9 Å². The zero-order valence-electron chi connectivity index (χ0n) is 19.8. The van der Waals surface area contributed by atoms with Crippen LogP contribution in [0, 0.1) is 23.7 Å². The van der Waals surface area contributed by atoms with Gasteiger partial charge in [0.2, 0.25) is 0 Å². The average Bonchev–Trinajstić information content (AvgIpc) is 3.63. The molecule has 4 heteroatoms. The number of ketones is 2. The third-order valence-electron chi connectivity index (χ3n) is 8.13. The second-order valence-corrected chi connectivity index (χ2v) is 11.5. The number of nitrogens with one attached hydrogen (secondary N) is 1. The first-order valence-corrected chi connectivity index (χ1v) is 12.3. The van der Waals surface area contributed by atoms with E-state index in [2.05, 4.69) is 62.2 Å². The predicted molar refractivity (Wildman–Crippen MR) is 127 cm³/mol. The van der Waals surface area contributed by atoms with Crippen LogP contribution in [-0.4, -0.2) is 40.6 Å². The molecule has 2 saturated carbocycles. The molecule has 0 amide bonds. The predicted octanol–water partition coefficient (Wildman–Crippen LogP) is 4.87. The van der Waals surface area contributed by atoms with Crippen LogP contribution in [0.4, 0.5) is 0 Å². The molecule has 2 heterocycles. The van der Waals surface area contributed by atoms with Gasteiger partial charge in [-0.3, -0.25) is 14.5 Å². The van der Waals surface area contributed by atoms with Crippen molar-refractivity contribution >= 4 is 11.6 Å². The zero-order valence-corrected chi connectivity index (χ0v) is 19.8. The van der Waals surface area contributed by atoms with E-state index in [1.807, 2.05) is 6.07 Å². The number of Topliss-reactive ketones (excluding diaryl/α,β-unsaturated/α-hetero) is 2. The number of likely N-dealkylation sites (tertiary alicyclic amines) is 1. The maximum absolute atomic E-state index is 12.3. The van der Waals surface area contributed by atoms with Crippen molar-refractivity contribution in [2.24, 2.45) is 23.7 Å². The van der Waals surface area contributed by atoms with E-state index in [9.17, 15) is 9.59 Å². The number of nitrogens with zero attached hydrogens (tertiary/aromatic N) is 1. The van der Waals surface area contributed by atoms with Gasteiger partial charge in [-0.1, -0.05) is 56.0 Å². The molecule has 2 unspecified atom stereocenters. The minimum atomic E-state index is 0. The Bertz CT molecular complexity index is 799. The summed E-state index contributed by atoms with van der Waals surface area (Å²) in [6, 6.07) is 10.5. The molecule has 0 radical (unpaired) electrons. The van der Waals surface area contributed by atoms with Gasteiger partial charge < -0.3 is 5.32 Å². The normalized spacial score (nSPS) is 29.7. The van der Waals surface area contributed by atoms with Crippen LogP contribution in [0.25, 0.3) is 0 Å². The monoisotopic (exact) mass is 426 g/mol. The molecule has 1 N–H and O–H groups in total. The van der Waals surface area contributed by atoms with Crippen LogP contribution in [0.2, 0.25) is 0 Å². The molecular formula is C27H42N2O2. The highest BCUT2D eigenvalue weighted by atomic mass is 16.1. The maximum atomic E-state index is 12.3. The SMILES string of the molecule is CC1(C)C(CC2CC2)C(=O)CN1Cc1ccccc1.CC1(C)NCC(=O)C1CC1CC1.[HH]. The van der Waals surface area contributed by atoms with E-state index in [-0.39, 0.29) is 24.3 Å². The number of rotatable bonds is 6. The lowest BCUT2D eigenvalue weighted by Crippen LogP contribution is -2.42. The molecule has 4 nitrogen and oxygen atoms in total. The summed E-state index contributed by atoms with van der Waals surface area (Å²) in [5, 5.41) is 3.28. The Balaban J connectivity index is 0.000000193. The molecule has 5 rings (SSSR count).